The van der Waals surface area contributed by atoms with E-state index in [0.29, 0.717) is 11.1 Å². The lowest BCUT2D eigenvalue weighted by atomic mass is 9.96. The third kappa shape index (κ3) is 4.90. The van der Waals surface area contributed by atoms with Crippen LogP contribution in [0.25, 0.3) is 17.1 Å². The molecule has 12 heteroatoms. The number of benzene rings is 2. The molecule has 0 aliphatic heterocycles. The minimum absolute atomic E-state index is 0.0292. The van der Waals surface area contributed by atoms with Gasteiger partial charge in [0.25, 0.3) is 0 Å². The van der Waals surface area contributed by atoms with E-state index >= 15 is 0 Å². The molecule has 12 nitrogen and oxygen atoms in total. The van der Waals surface area contributed by atoms with E-state index in [1.54, 1.807) is 39.0 Å². The molecule has 0 fully saturated rings. The third-order valence-corrected chi connectivity index (χ3v) is 6.29. The van der Waals surface area contributed by atoms with Gasteiger partial charge in [0.05, 0.1) is 34.5 Å². The van der Waals surface area contributed by atoms with Gasteiger partial charge in [-0.3, -0.25) is 0 Å². The highest BCUT2D eigenvalue weighted by Gasteiger charge is 2.24. The summed E-state index contributed by atoms with van der Waals surface area (Å²) in [5, 5.41) is 0. The summed E-state index contributed by atoms with van der Waals surface area (Å²) in [6.45, 7) is 5.14. The molecular weight excluding hydrogens is 504 g/mol. The number of carbonyl (C=O) groups excluding carboxylic acids is 3. The average Bonchev–Trinajstić information content (AvgIpc) is 2.90. The van der Waals surface area contributed by atoms with Crippen LogP contribution in [0.4, 0.5) is 11.4 Å². The molecule has 194 valence electrons. The Balaban J connectivity index is 2.15. The van der Waals surface area contributed by atoms with Gasteiger partial charge in [0, 0.05) is 5.92 Å². The number of aliphatic imine (C=N–C) groups is 3. The number of hydrogen-bond acceptors (Lipinski definition) is 9. The lowest BCUT2D eigenvalue weighted by Gasteiger charge is -2.20. The summed E-state index contributed by atoms with van der Waals surface area (Å²) in [5.41, 5.74) is -1.40. The summed E-state index contributed by atoms with van der Waals surface area (Å²) >= 11 is 0. The molecule has 1 heterocycles. The number of aryl methyl sites for hydroxylation is 2. The predicted octanol–water partition coefficient (Wildman–Crippen LogP) is 2.45. The first-order valence-corrected chi connectivity index (χ1v) is 11.6. The fourth-order valence-electron chi connectivity index (χ4n) is 4.13. The largest absolute Gasteiger partial charge is 0.345 e. The molecule has 0 saturated heterocycles. The Bertz CT molecular complexity index is 1790. The minimum Gasteiger partial charge on any atom is -0.246 e. The van der Waals surface area contributed by atoms with Crippen LogP contribution in [0.5, 0.6) is 0 Å². The van der Waals surface area contributed by atoms with Crippen LogP contribution in [0.15, 0.2) is 84.0 Å². The molecule has 0 bridgehead atoms. The van der Waals surface area contributed by atoms with E-state index in [2.05, 4.69) is 15.0 Å². The Morgan fingerprint density at radius 1 is 0.718 bits per heavy atom. The van der Waals surface area contributed by atoms with Gasteiger partial charge in [-0.2, -0.15) is 15.0 Å². The van der Waals surface area contributed by atoms with Gasteiger partial charge >= 0.3 is 17.1 Å². The first kappa shape index (κ1) is 26.5. The van der Waals surface area contributed by atoms with Gasteiger partial charge in [-0.25, -0.2) is 42.5 Å². The molecule has 1 aliphatic carbocycles. The van der Waals surface area contributed by atoms with Crippen LogP contribution >= 0.6 is 0 Å². The second kappa shape index (κ2) is 10.8. The highest BCUT2D eigenvalue weighted by Crippen LogP contribution is 2.24. The molecule has 1 aliphatic rings. The zero-order chi connectivity index (χ0) is 28.3. The van der Waals surface area contributed by atoms with Crippen LogP contribution < -0.4 is 17.1 Å². The lowest BCUT2D eigenvalue weighted by Crippen LogP contribution is -2.53. The Morgan fingerprint density at radius 3 is 1.67 bits per heavy atom. The summed E-state index contributed by atoms with van der Waals surface area (Å²) in [6.07, 6.45) is 8.98. The number of hydrogen-bond donors (Lipinski definition) is 0. The molecule has 0 saturated carbocycles. The van der Waals surface area contributed by atoms with Gasteiger partial charge in [0.1, 0.15) is 0 Å². The maximum atomic E-state index is 13.8. The van der Waals surface area contributed by atoms with Crippen molar-refractivity contribution in [3.05, 3.63) is 97.2 Å². The topological polar surface area (TPSA) is 154 Å². The van der Waals surface area contributed by atoms with E-state index in [-0.39, 0.29) is 34.4 Å². The molecule has 2 unspecified atom stereocenters. The number of allylic oxidation sites excluding steroid dienone is 2. The van der Waals surface area contributed by atoms with Crippen LogP contribution in [0.2, 0.25) is 0 Å². The number of aromatic nitrogens is 3. The highest BCUT2D eigenvalue weighted by atomic mass is 16.2. The molecule has 39 heavy (non-hydrogen) atoms. The normalized spacial score (nSPS) is 15.9. The van der Waals surface area contributed by atoms with Crippen molar-refractivity contribution in [1.29, 1.82) is 0 Å². The summed E-state index contributed by atoms with van der Waals surface area (Å²) < 4.78 is 2.26. The van der Waals surface area contributed by atoms with Crippen LogP contribution in [-0.4, -0.2) is 38.0 Å². The third-order valence-electron chi connectivity index (χ3n) is 6.29. The van der Waals surface area contributed by atoms with Crippen LogP contribution in [0, 0.1) is 19.8 Å². The molecular formula is C27H20N6O6. The Labute approximate surface area is 219 Å². The molecule has 0 amide bonds. The molecule has 0 spiro atoms. The van der Waals surface area contributed by atoms with E-state index in [9.17, 15) is 28.8 Å². The van der Waals surface area contributed by atoms with Crippen LogP contribution in [0.1, 0.15) is 18.1 Å². The minimum atomic E-state index is -1.02. The summed E-state index contributed by atoms with van der Waals surface area (Å²) in [7, 11) is 0. The Hall–Kier alpha value is -5.53. The second-order valence-electron chi connectivity index (χ2n) is 8.72. The van der Waals surface area contributed by atoms with Crippen LogP contribution in [0.3, 0.4) is 0 Å². The molecule has 4 rings (SSSR count). The molecule has 0 radical (unpaired) electrons. The maximum Gasteiger partial charge on any atom is 0.345 e. The monoisotopic (exact) mass is 524 g/mol. The molecule has 0 N–H and O–H groups in total. The number of isocyanates is 3. The van der Waals surface area contributed by atoms with Gasteiger partial charge in [-0.15, -0.1) is 0 Å². The molecule has 1 aromatic heterocycles. The molecule has 3 aromatic rings. The molecule has 2 aromatic carbocycles. The number of rotatable bonds is 6. The van der Waals surface area contributed by atoms with Crippen molar-refractivity contribution >= 4 is 35.3 Å². The van der Waals surface area contributed by atoms with Gasteiger partial charge < -0.3 is 0 Å². The van der Waals surface area contributed by atoms with Gasteiger partial charge in [0.15, 0.2) is 0 Å². The summed E-state index contributed by atoms with van der Waals surface area (Å²) in [6, 6.07) is 8.00. The van der Waals surface area contributed by atoms with Crippen LogP contribution in [-0.2, 0) is 14.4 Å². The fraction of sp³-hybridized carbons (Fsp3) is 0.185. The molecule has 2 atom stereocenters. The Morgan fingerprint density at radius 2 is 1.21 bits per heavy atom. The average molecular weight is 524 g/mol. The van der Waals surface area contributed by atoms with Crippen molar-refractivity contribution in [1.82, 2.24) is 13.7 Å². The fourth-order valence-corrected chi connectivity index (χ4v) is 4.13. The van der Waals surface area contributed by atoms with E-state index in [0.717, 1.165) is 13.7 Å². The lowest BCUT2D eigenvalue weighted by molar-refractivity contribution is 0.550. The zero-order valence-electron chi connectivity index (χ0n) is 21.0. The summed E-state index contributed by atoms with van der Waals surface area (Å²) in [4.78, 5) is 85.1. The van der Waals surface area contributed by atoms with Crippen molar-refractivity contribution in [2.24, 2.45) is 20.9 Å². The van der Waals surface area contributed by atoms with Gasteiger partial charge in [0.2, 0.25) is 18.2 Å². The SMILES string of the molecule is Cc1ccc(-n2c(=O)n(C3=CC(N=C=O)C(C)C=C3)c(=O)n(-c3ccc(C)c(N=C=O)c3)c2=O)cc1N=C=O. The number of nitrogens with zero attached hydrogens (tertiary/aromatic N) is 6. The first-order chi connectivity index (χ1) is 18.7. The Kier molecular flexibility index (Phi) is 7.37. The predicted molar refractivity (Wildman–Crippen MR) is 141 cm³/mol. The van der Waals surface area contributed by atoms with Crippen molar-refractivity contribution in [3.63, 3.8) is 0 Å². The smallest absolute Gasteiger partial charge is 0.246 e. The van der Waals surface area contributed by atoms with Gasteiger partial charge in [-0.05, 0) is 61.4 Å². The van der Waals surface area contributed by atoms with E-state index in [4.69, 9.17) is 0 Å². The van der Waals surface area contributed by atoms with E-state index in [1.165, 1.54) is 54.7 Å². The van der Waals surface area contributed by atoms with E-state index < -0.39 is 23.1 Å². The summed E-state index contributed by atoms with van der Waals surface area (Å²) in [5.74, 6) is -0.222. The highest BCUT2D eigenvalue weighted by molar-refractivity contribution is 5.62. The van der Waals surface area contributed by atoms with Crippen molar-refractivity contribution < 1.29 is 14.4 Å². The van der Waals surface area contributed by atoms with Crippen molar-refractivity contribution in [2.45, 2.75) is 26.8 Å². The van der Waals surface area contributed by atoms with Crippen molar-refractivity contribution in [3.8, 4) is 11.4 Å². The standard InChI is InChI=1S/C27H20N6O6/c1-16-4-7-19(10-22(16)28-13-34)31-25(37)32(20-8-5-17(2)23(11-20)29-14-35)27(39)33(26(31)38)21-9-6-18(3)24(12-21)30-15-36/h4-12,16,22H,1-3H3. The zero-order valence-corrected chi connectivity index (χ0v) is 21.0. The second-order valence-corrected chi connectivity index (χ2v) is 8.72. The van der Waals surface area contributed by atoms with E-state index in [1.807, 2.05) is 0 Å². The quantitative estimate of drug-likeness (QED) is 0.356. The maximum absolute atomic E-state index is 13.8. The van der Waals surface area contributed by atoms with Gasteiger partial charge in [-0.1, -0.05) is 25.1 Å². The van der Waals surface area contributed by atoms with Crippen molar-refractivity contribution in [2.75, 3.05) is 0 Å². The first-order valence-electron chi connectivity index (χ1n) is 11.6.